The summed E-state index contributed by atoms with van der Waals surface area (Å²) < 4.78 is 13.9. The van der Waals surface area contributed by atoms with Gasteiger partial charge < -0.3 is 15.6 Å². The molecule has 0 atom stereocenters. The SMILES string of the molecule is Cc1ccc(F)c2c(=O)[nH]c(CCC(=O)N3CCC(N)CC3)cc12. The van der Waals surface area contributed by atoms with Crippen LogP contribution in [-0.4, -0.2) is 34.9 Å². The van der Waals surface area contributed by atoms with Crippen LogP contribution in [-0.2, 0) is 11.2 Å². The van der Waals surface area contributed by atoms with E-state index < -0.39 is 11.4 Å². The molecule has 0 radical (unpaired) electrons. The molecule has 0 unspecified atom stereocenters. The van der Waals surface area contributed by atoms with Gasteiger partial charge in [-0.25, -0.2) is 4.39 Å². The molecular weight excluding hydrogens is 309 g/mol. The Kier molecular flexibility index (Phi) is 4.66. The van der Waals surface area contributed by atoms with E-state index in [9.17, 15) is 14.0 Å². The summed E-state index contributed by atoms with van der Waals surface area (Å²) in [5, 5.41) is 0.681. The van der Waals surface area contributed by atoms with Gasteiger partial charge in [0.1, 0.15) is 5.82 Å². The van der Waals surface area contributed by atoms with Crippen molar-refractivity contribution >= 4 is 16.7 Å². The lowest BCUT2D eigenvalue weighted by molar-refractivity contribution is -0.132. The smallest absolute Gasteiger partial charge is 0.259 e. The number of aromatic nitrogens is 1. The summed E-state index contributed by atoms with van der Waals surface area (Å²) in [6.45, 7) is 3.23. The summed E-state index contributed by atoms with van der Waals surface area (Å²) in [7, 11) is 0. The Morgan fingerprint density at radius 2 is 2.08 bits per heavy atom. The quantitative estimate of drug-likeness (QED) is 0.901. The number of piperidine rings is 1. The normalized spacial score (nSPS) is 15.9. The van der Waals surface area contributed by atoms with Gasteiger partial charge in [0.15, 0.2) is 0 Å². The van der Waals surface area contributed by atoms with E-state index in [4.69, 9.17) is 5.73 Å². The molecule has 3 N–H and O–H groups in total. The first-order chi connectivity index (χ1) is 11.5. The summed E-state index contributed by atoms with van der Waals surface area (Å²) in [5.74, 6) is -0.456. The van der Waals surface area contributed by atoms with Gasteiger partial charge >= 0.3 is 0 Å². The average Bonchev–Trinajstić information content (AvgIpc) is 2.56. The van der Waals surface area contributed by atoms with Crippen molar-refractivity contribution in [2.75, 3.05) is 13.1 Å². The minimum Gasteiger partial charge on any atom is -0.343 e. The van der Waals surface area contributed by atoms with E-state index in [2.05, 4.69) is 4.98 Å². The van der Waals surface area contributed by atoms with Crippen molar-refractivity contribution in [2.45, 2.75) is 38.6 Å². The molecule has 24 heavy (non-hydrogen) atoms. The number of pyridine rings is 1. The van der Waals surface area contributed by atoms with Gasteiger partial charge in [0.25, 0.3) is 5.56 Å². The Morgan fingerprint density at radius 1 is 1.38 bits per heavy atom. The highest BCUT2D eigenvalue weighted by Crippen LogP contribution is 2.19. The van der Waals surface area contributed by atoms with Crippen LogP contribution in [0.1, 0.15) is 30.5 Å². The topological polar surface area (TPSA) is 79.2 Å². The number of hydrogen-bond donors (Lipinski definition) is 2. The lowest BCUT2D eigenvalue weighted by Gasteiger charge is -2.30. The van der Waals surface area contributed by atoms with Crippen LogP contribution in [0.15, 0.2) is 23.0 Å². The molecule has 0 saturated carbocycles. The van der Waals surface area contributed by atoms with E-state index in [-0.39, 0.29) is 17.3 Å². The number of nitrogens with two attached hydrogens (primary N) is 1. The van der Waals surface area contributed by atoms with Gasteiger partial charge in [-0.1, -0.05) is 6.07 Å². The van der Waals surface area contributed by atoms with Crippen molar-refractivity contribution in [3.8, 4) is 0 Å². The molecule has 6 heteroatoms. The molecule has 0 spiro atoms. The summed E-state index contributed by atoms with van der Waals surface area (Å²) in [5.41, 5.74) is 6.90. The van der Waals surface area contributed by atoms with Crippen molar-refractivity contribution in [3.63, 3.8) is 0 Å². The minimum absolute atomic E-state index is 0.0683. The number of benzene rings is 1. The lowest BCUT2D eigenvalue weighted by atomic mass is 10.0. The van der Waals surface area contributed by atoms with E-state index in [1.807, 2.05) is 11.8 Å². The van der Waals surface area contributed by atoms with Crippen LogP contribution in [0.2, 0.25) is 0 Å². The van der Waals surface area contributed by atoms with Gasteiger partial charge in [0.2, 0.25) is 5.91 Å². The molecule has 0 aliphatic carbocycles. The number of amides is 1. The molecular formula is C18H22FN3O2. The first kappa shape index (κ1) is 16.6. The highest BCUT2D eigenvalue weighted by molar-refractivity contribution is 5.85. The molecule has 5 nitrogen and oxygen atoms in total. The Labute approximate surface area is 139 Å². The van der Waals surface area contributed by atoms with Crippen molar-refractivity contribution in [1.29, 1.82) is 0 Å². The van der Waals surface area contributed by atoms with Crippen LogP contribution < -0.4 is 11.3 Å². The minimum atomic E-state index is -0.524. The maximum absolute atomic E-state index is 13.9. The number of carbonyl (C=O) groups excluding carboxylic acids is 1. The van der Waals surface area contributed by atoms with E-state index in [1.54, 1.807) is 12.1 Å². The summed E-state index contributed by atoms with van der Waals surface area (Å²) in [6.07, 6.45) is 2.42. The first-order valence-electron chi connectivity index (χ1n) is 8.30. The third-order valence-electron chi connectivity index (χ3n) is 4.73. The lowest BCUT2D eigenvalue weighted by Crippen LogP contribution is -2.42. The number of hydrogen-bond acceptors (Lipinski definition) is 3. The van der Waals surface area contributed by atoms with Crippen LogP contribution in [0.25, 0.3) is 10.8 Å². The summed E-state index contributed by atoms with van der Waals surface area (Å²) in [4.78, 5) is 29.0. The van der Waals surface area contributed by atoms with E-state index >= 15 is 0 Å². The molecule has 128 valence electrons. The van der Waals surface area contributed by atoms with Gasteiger partial charge in [-0.05, 0) is 49.3 Å². The molecule has 1 aromatic carbocycles. The number of fused-ring (bicyclic) bond motifs is 1. The largest absolute Gasteiger partial charge is 0.343 e. The average molecular weight is 331 g/mol. The number of rotatable bonds is 3. The fraction of sp³-hybridized carbons (Fsp3) is 0.444. The molecule has 1 amide bonds. The standard InChI is InChI=1S/C18H22FN3O2/c1-11-2-4-15(19)17-14(11)10-13(21-18(17)24)3-5-16(23)22-8-6-12(20)7-9-22/h2,4,10,12H,3,5-9,20H2,1H3,(H,21,24). The second kappa shape index (κ2) is 6.73. The van der Waals surface area contributed by atoms with Crippen LogP contribution in [0.5, 0.6) is 0 Å². The van der Waals surface area contributed by atoms with Crippen molar-refractivity contribution in [2.24, 2.45) is 5.73 Å². The molecule has 2 aromatic rings. The van der Waals surface area contributed by atoms with Crippen molar-refractivity contribution < 1.29 is 9.18 Å². The zero-order valence-electron chi connectivity index (χ0n) is 13.8. The molecule has 1 saturated heterocycles. The van der Waals surface area contributed by atoms with E-state index in [1.165, 1.54) is 6.07 Å². The van der Waals surface area contributed by atoms with Gasteiger partial charge in [-0.2, -0.15) is 0 Å². The van der Waals surface area contributed by atoms with Crippen LogP contribution in [0, 0.1) is 12.7 Å². The molecule has 3 rings (SSSR count). The monoisotopic (exact) mass is 331 g/mol. The molecule has 1 aliphatic heterocycles. The second-order valence-electron chi connectivity index (χ2n) is 6.49. The second-order valence-corrected chi connectivity index (χ2v) is 6.49. The number of nitrogens with zero attached hydrogens (tertiary/aromatic N) is 1. The van der Waals surface area contributed by atoms with E-state index in [0.29, 0.717) is 37.0 Å². The fourth-order valence-corrected chi connectivity index (χ4v) is 3.22. The Balaban J connectivity index is 1.75. The maximum Gasteiger partial charge on any atom is 0.259 e. The summed E-state index contributed by atoms with van der Waals surface area (Å²) in [6, 6.07) is 4.91. The molecule has 0 bridgehead atoms. The number of H-pyrrole nitrogens is 1. The van der Waals surface area contributed by atoms with E-state index in [0.717, 1.165) is 18.4 Å². The van der Waals surface area contributed by atoms with Gasteiger partial charge in [0.05, 0.1) is 5.39 Å². The zero-order valence-corrected chi connectivity index (χ0v) is 13.8. The van der Waals surface area contributed by atoms with Gasteiger partial charge in [0, 0.05) is 31.2 Å². The predicted molar refractivity (Wildman–Crippen MR) is 91.4 cm³/mol. The Bertz CT molecular complexity index is 823. The number of halogens is 1. The first-order valence-corrected chi connectivity index (χ1v) is 8.30. The highest BCUT2D eigenvalue weighted by atomic mass is 19.1. The number of aryl methyl sites for hydroxylation is 2. The Hall–Kier alpha value is -2.21. The Morgan fingerprint density at radius 3 is 2.79 bits per heavy atom. The molecule has 1 aliphatic rings. The van der Waals surface area contributed by atoms with Crippen molar-refractivity contribution in [1.82, 2.24) is 9.88 Å². The van der Waals surface area contributed by atoms with Crippen LogP contribution in [0.3, 0.4) is 0 Å². The molecule has 1 fully saturated rings. The van der Waals surface area contributed by atoms with Crippen LogP contribution >= 0.6 is 0 Å². The zero-order chi connectivity index (χ0) is 17.3. The van der Waals surface area contributed by atoms with Crippen molar-refractivity contribution in [3.05, 3.63) is 45.6 Å². The third-order valence-corrected chi connectivity index (χ3v) is 4.73. The molecule has 1 aromatic heterocycles. The highest BCUT2D eigenvalue weighted by Gasteiger charge is 2.20. The van der Waals surface area contributed by atoms with Crippen LogP contribution in [0.4, 0.5) is 4.39 Å². The predicted octanol–water partition coefficient (Wildman–Crippen LogP) is 1.86. The summed E-state index contributed by atoms with van der Waals surface area (Å²) >= 11 is 0. The number of aromatic amines is 1. The third kappa shape index (κ3) is 3.33. The number of carbonyl (C=O) groups is 1. The van der Waals surface area contributed by atoms with Gasteiger partial charge in [-0.3, -0.25) is 9.59 Å². The van der Waals surface area contributed by atoms with Gasteiger partial charge in [-0.15, -0.1) is 0 Å². The number of likely N-dealkylation sites (tertiary alicyclic amines) is 1. The fourth-order valence-electron chi connectivity index (χ4n) is 3.22. The molecule has 2 heterocycles. The number of nitrogens with one attached hydrogen (secondary N) is 1. The maximum atomic E-state index is 13.9.